The molecular formula is C31H32F3N3O2S. The second kappa shape index (κ2) is 13.6. The maximum absolute atomic E-state index is 13.4. The van der Waals surface area contributed by atoms with Crippen molar-refractivity contribution in [2.75, 3.05) is 36.0 Å². The Hall–Kier alpha value is -3.72. The minimum absolute atomic E-state index is 0.154. The van der Waals surface area contributed by atoms with E-state index < -0.39 is 11.7 Å². The Bertz CT molecular complexity index is 1330. The van der Waals surface area contributed by atoms with Gasteiger partial charge in [0.25, 0.3) is 5.91 Å². The first-order valence-electron chi connectivity index (χ1n) is 13.3. The number of nitrogens with zero attached hydrogens (tertiary/aromatic N) is 2. The first-order valence-corrected chi connectivity index (χ1v) is 14.1. The van der Waals surface area contributed by atoms with Crippen LogP contribution >= 0.6 is 11.8 Å². The van der Waals surface area contributed by atoms with Crippen molar-refractivity contribution in [1.82, 2.24) is 5.32 Å². The van der Waals surface area contributed by atoms with Crippen LogP contribution in [0.25, 0.3) is 6.08 Å². The van der Waals surface area contributed by atoms with E-state index in [0.29, 0.717) is 22.7 Å². The third kappa shape index (κ3) is 7.69. The van der Waals surface area contributed by atoms with E-state index in [9.17, 15) is 22.8 Å². The fourth-order valence-electron chi connectivity index (χ4n) is 4.39. The standard InChI is InChI=1S/C31H32F3N3O2S/c1-2-3-19-36(25-10-5-4-6-11-25)20-9-18-35-29(38)22-37-26-12-7-8-13-27(26)40-28(30(37)39)21-23-14-16-24(17-15-23)31(32,33)34/h4-8,10-17,21H,2-3,9,18-20,22H2,1H3,(H,35,38)/b28-21-. The molecule has 1 aliphatic rings. The van der Waals surface area contributed by atoms with Crippen LogP contribution in [0.15, 0.2) is 88.7 Å². The average Bonchev–Trinajstić information content (AvgIpc) is 2.95. The van der Waals surface area contributed by atoms with Gasteiger partial charge in [0.2, 0.25) is 5.91 Å². The zero-order valence-corrected chi connectivity index (χ0v) is 23.1. The van der Waals surface area contributed by atoms with E-state index in [4.69, 9.17) is 0 Å². The van der Waals surface area contributed by atoms with Crippen molar-refractivity contribution in [2.45, 2.75) is 37.3 Å². The van der Waals surface area contributed by atoms with Crippen LogP contribution in [-0.2, 0) is 15.8 Å². The number of fused-ring (bicyclic) bond motifs is 1. The molecule has 5 nitrogen and oxygen atoms in total. The molecule has 1 heterocycles. The molecule has 0 spiro atoms. The highest BCUT2D eigenvalue weighted by molar-refractivity contribution is 8.04. The highest BCUT2D eigenvalue weighted by atomic mass is 32.2. The monoisotopic (exact) mass is 567 g/mol. The average molecular weight is 568 g/mol. The second-order valence-corrected chi connectivity index (χ2v) is 10.6. The highest BCUT2D eigenvalue weighted by Gasteiger charge is 2.31. The second-order valence-electron chi connectivity index (χ2n) is 9.47. The van der Waals surface area contributed by atoms with Gasteiger partial charge in [-0.3, -0.25) is 14.5 Å². The molecule has 9 heteroatoms. The summed E-state index contributed by atoms with van der Waals surface area (Å²) in [7, 11) is 0. The van der Waals surface area contributed by atoms with Gasteiger partial charge in [0.1, 0.15) is 6.54 Å². The van der Waals surface area contributed by atoms with Crippen molar-refractivity contribution >= 4 is 41.0 Å². The number of carbonyl (C=O) groups excluding carboxylic acids is 2. The molecule has 0 atom stereocenters. The summed E-state index contributed by atoms with van der Waals surface area (Å²) in [6, 6.07) is 22.1. The Morgan fingerprint density at radius 3 is 2.33 bits per heavy atom. The van der Waals surface area contributed by atoms with Gasteiger partial charge in [0.05, 0.1) is 16.2 Å². The number of hydrogen-bond donors (Lipinski definition) is 1. The fourth-order valence-corrected chi connectivity index (χ4v) is 5.45. The molecule has 0 unspecified atom stereocenters. The van der Waals surface area contributed by atoms with Crippen LogP contribution in [0.1, 0.15) is 37.3 Å². The van der Waals surface area contributed by atoms with E-state index in [2.05, 4.69) is 29.3 Å². The Morgan fingerprint density at radius 2 is 1.62 bits per heavy atom. The number of hydrogen-bond acceptors (Lipinski definition) is 4. The number of carbonyl (C=O) groups is 2. The molecule has 0 saturated carbocycles. The molecule has 3 aromatic rings. The lowest BCUT2D eigenvalue weighted by atomic mass is 10.1. The van der Waals surface area contributed by atoms with E-state index >= 15 is 0 Å². The van der Waals surface area contributed by atoms with Crippen LogP contribution in [0, 0.1) is 0 Å². The van der Waals surface area contributed by atoms with Gasteiger partial charge in [-0.2, -0.15) is 13.2 Å². The van der Waals surface area contributed by atoms with E-state index in [1.165, 1.54) is 28.8 Å². The molecule has 0 radical (unpaired) electrons. The molecule has 1 N–H and O–H groups in total. The minimum atomic E-state index is -4.43. The van der Waals surface area contributed by atoms with Gasteiger partial charge in [0, 0.05) is 30.2 Å². The Labute approximate surface area is 237 Å². The summed E-state index contributed by atoms with van der Waals surface area (Å²) in [6.07, 6.45) is 0.0584. The topological polar surface area (TPSA) is 52.7 Å². The molecule has 0 aliphatic carbocycles. The van der Waals surface area contributed by atoms with E-state index in [1.54, 1.807) is 18.2 Å². The maximum Gasteiger partial charge on any atom is 0.416 e. The van der Waals surface area contributed by atoms with Crippen molar-refractivity contribution in [3.63, 3.8) is 0 Å². The number of anilines is 2. The highest BCUT2D eigenvalue weighted by Crippen LogP contribution is 2.42. The molecule has 0 fully saturated rings. The van der Waals surface area contributed by atoms with Crippen molar-refractivity contribution in [3.05, 3.63) is 94.9 Å². The van der Waals surface area contributed by atoms with Gasteiger partial charge in [-0.05, 0) is 60.9 Å². The molecule has 1 aliphatic heterocycles. The first kappa shape index (κ1) is 29.3. The number of thioether (sulfide) groups is 1. The number of nitrogens with one attached hydrogen (secondary N) is 1. The van der Waals surface area contributed by atoms with E-state index in [0.717, 1.165) is 55.1 Å². The summed E-state index contributed by atoms with van der Waals surface area (Å²) in [6.45, 7) is 4.22. The Balaban J connectivity index is 1.39. The molecule has 210 valence electrons. The van der Waals surface area contributed by atoms with Crippen molar-refractivity contribution < 1.29 is 22.8 Å². The van der Waals surface area contributed by atoms with Crippen LogP contribution in [-0.4, -0.2) is 38.0 Å². The lowest BCUT2D eigenvalue weighted by Crippen LogP contribution is -2.43. The number of rotatable bonds is 11. The van der Waals surface area contributed by atoms with Crippen LogP contribution in [0.2, 0.25) is 0 Å². The normalized spacial score (nSPS) is 14.2. The lowest BCUT2D eigenvalue weighted by molar-refractivity contribution is -0.137. The molecule has 3 aromatic carbocycles. The minimum Gasteiger partial charge on any atom is -0.371 e. The van der Waals surface area contributed by atoms with E-state index in [-0.39, 0.29) is 18.4 Å². The predicted octanol–water partition coefficient (Wildman–Crippen LogP) is 7.00. The van der Waals surface area contributed by atoms with Gasteiger partial charge in [-0.15, -0.1) is 0 Å². The Kier molecular flexibility index (Phi) is 9.93. The van der Waals surface area contributed by atoms with Crippen molar-refractivity contribution in [3.8, 4) is 0 Å². The summed E-state index contributed by atoms with van der Waals surface area (Å²) in [5.41, 5.74) is 1.51. The van der Waals surface area contributed by atoms with Crippen LogP contribution in [0.3, 0.4) is 0 Å². The number of unbranched alkanes of at least 4 members (excludes halogenated alkanes) is 1. The van der Waals surface area contributed by atoms with Gasteiger partial charge in [-0.1, -0.05) is 67.6 Å². The number of amides is 2. The number of alkyl halides is 3. The first-order chi connectivity index (χ1) is 19.3. The molecule has 0 aromatic heterocycles. The summed E-state index contributed by atoms with van der Waals surface area (Å²) in [5.74, 6) is -0.641. The van der Waals surface area contributed by atoms with Crippen LogP contribution in [0.4, 0.5) is 24.5 Å². The predicted molar refractivity (Wildman–Crippen MR) is 155 cm³/mol. The van der Waals surface area contributed by atoms with Crippen LogP contribution < -0.4 is 15.1 Å². The third-order valence-corrected chi connectivity index (χ3v) is 7.58. The maximum atomic E-state index is 13.4. The molecular weight excluding hydrogens is 535 g/mol. The van der Waals surface area contributed by atoms with Crippen molar-refractivity contribution in [2.24, 2.45) is 0 Å². The zero-order valence-electron chi connectivity index (χ0n) is 22.3. The molecule has 0 bridgehead atoms. The summed E-state index contributed by atoms with van der Waals surface area (Å²) >= 11 is 1.24. The number of para-hydroxylation sites is 2. The van der Waals surface area contributed by atoms with Gasteiger partial charge in [-0.25, -0.2) is 0 Å². The quantitative estimate of drug-likeness (QED) is 0.200. The lowest BCUT2D eigenvalue weighted by Gasteiger charge is -2.30. The number of benzene rings is 3. The zero-order chi connectivity index (χ0) is 28.5. The Morgan fingerprint density at radius 1 is 0.950 bits per heavy atom. The van der Waals surface area contributed by atoms with Gasteiger partial charge < -0.3 is 10.2 Å². The SMILES string of the molecule is CCCCN(CCCNC(=O)CN1C(=O)/C(=C/c2ccc(C(F)(F)F)cc2)Sc2ccccc21)c1ccccc1. The van der Waals surface area contributed by atoms with E-state index in [1.807, 2.05) is 30.3 Å². The summed E-state index contributed by atoms with van der Waals surface area (Å²) in [4.78, 5) is 31.2. The molecule has 40 heavy (non-hydrogen) atoms. The third-order valence-electron chi connectivity index (χ3n) is 6.50. The fraction of sp³-hybridized carbons (Fsp3) is 0.290. The molecule has 2 amide bonds. The van der Waals surface area contributed by atoms with Crippen LogP contribution in [0.5, 0.6) is 0 Å². The largest absolute Gasteiger partial charge is 0.416 e. The van der Waals surface area contributed by atoms with Crippen molar-refractivity contribution in [1.29, 1.82) is 0 Å². The van der Waals surface area contributed by atoms with Gasteiger partial charge >= 0.3 is 6.18 Å². The summed E-state index contributed by atoms with van der Waals surface area (Å²) < 4.78 is 38.8. The smallest absolute Gasteiger partial charge is 0.371 e. The molecule has 0 saturated heterocycles. The number of halogens is 3. The molecule has 4 rings (SSSR count). The summed E-state index contributed by atoms with van der Waals surface area (Å²) in [5, 5.41) is 2.94. The van der Waals surface area contributed by atoms with Gasteiger partial charge in [0.15, 0.2) is 0 Å².